The first-order valence-corrected chi connectivity index (χ1v) is 8.41. The highest BCUT2D eigenvalue weighted by atomic mass is 16.5. The summed E-state index contributed by atoms with van der Waals surface area (Å²) in [5.41, 5.74) is 3.49. The maximum Gasteiger partial charge on any atom is 0.263 e. The number of nitrogens with one attached hydrogen (secondary N) is 1. The molecule has 1 atom stereocenters. The summed E-state index contributed by atoms with van der Waals surface area (Å²) in [5, 5.41) is 5.06. The maximum atomic E-state index is 12.5. The average molecular weight is 339 g/mol. The molecule has 25 heavy (non-hydrogen) atoms. The number of nitrogens with zero attached hydrogens (tertiary/aromatic N) is 4. The molecule has 1 aliphatic rings. The third-order valence-electron chi connectivity index (χ3n) is 4.82. The van der Waals surface area contributed by atoms with E-state index in [2.05, 4.69) is 15.1 Å². The van der Waals surface area contributed by atoms with Gasteiger partial charge < -0.3 is 9.64 Å². The first-order chi connectivity index (χ1) is 12.1. The number of ether oxygens (including phenoxy) is 1. The van der Waals surface area contributed by atoms with E-state index in [9.17, 15) is 4.79 Å². The van der Waals surface area contributed by atoms with Gasteiger partial charge in [-0.25, -0.2) is 4.68 Å². The maximum absolute atomic E-state index is 12.5. The molecule has 1 unspecified atom stereocenters. The van der Waals surface area contributed by atoms with Crippen LogP contribution in [0, 0.1) is 13.8 Å². The van der Waals surface area contributed by atoms with Gasteiger partial charge in [-0.05, 0) is 31.4 Å². The molecule has 3 heterocycles. The number of rotatable bonds is 3. The van der Waals surface area contributed by atoms with E-state index in [0.717, 1.165) is 36.3 Å². The van der Waals surface area contributed by atoms with E-state index in [-0.39, 0.29) is 11.7 Å². The lowest BCUT2D eigenvalue weighted by atomic mass is 10.1. The van der Waals surface area contributed by atoms with Gasteiger partial charge in [-0.1, -0.05) is 18.2 Å². The monoisotopic (exact) mass is 339 g/mol. The molecule has 2 aromatic heterocycles. The molecule has 0 radical (unpaired) electrons. The zero-order chi connectivity index (χ0) is 17.6. The molecule has 1 fully saturated rings. The van der Waals surface area contributed by atoms with Crippen LogP contribution in [0.15, 0.2) is 29.2 Å². The molecule has 7 nitrogen and oxygen atoms in total. The molecule has 0 saturated carbocycles. The summed E-state index contributed by atoms with van der Waals surface area (Å²) < 4.78 is 7.14. The lowest BCUT2D eigenvalue weighted by Gasteiger charge is -2.15. The van der Waals surface area contributed by atoms with E-state index in [0.29, 0.717) is 17.0 Å². The van der Waals surface area contributed by atoms with Gasteiger partial charge >= 0.3 is 0 Å². The van der Waals surface area contributed by atoms with Crippen molar-refractivity contribution in [1.82, 2.24) is 19.7 Å². The van der Waals surface area contributed by atoms with Gasteiger partial charge in [0, 0.05) is 26.4 Å². The molecule has 1 aliphatic heterocycles. The van der Waals surface area contributed by atoms with Crippen LogP contribution < -0.4 is 10.5 Å². The highest BCUT2D eigenvalue weighted by molar-refractivity contribution is 5.75. The number of benzene rings is 1. The minimum absolute atomic E-state index is 0.168. The second-order valence-corrected chi connectivity index (χ2v) is 6.53. The van der Waals surface area contributed by atoms with Crippen LogP contribution in [0.25, 0.3) is 16.7 Å². The van der Waals surface area contributed by atoms with E-state index in [4.69, 9.17) is 4.74 Å². The molecule has 1 aromatic carbocycles. The van der Waals surface area contributed by atoms with Crippen LogP contribution in [0.1, 0.15) is 17.5 Å². The summed E-state index contributed by atoms with van der Waals surface area (Å²) in [7, 11) is 1.71. The van der Waals surface area contributed by atoms with Crippen molar-refractivity contribution in [2.24, 2.45) is 0 Å². The van der Waals surface area contributed by atoms with E-state index < -0.39 is 0 Å². The molecule has 1 saturated heterocycles. The predicted octanol–water partition coefficient (Wildman–Crippen LogP) is 1.95. The average Bonchev–Trinajstić information content (AvgIpc) is 3.21. The Morgan fingerprint density at radius 1 is 1.28 bits per heavy atom. The van der Waals surface area contributed by atoms with Crippen LogP contribution in [-0.2, 0) is 4.74 Å². The number of aromatic amines is 1. The zero-order valence-electron chi connectivity index (χ0n) is 14.6. The van der Waals surface area contributed by atoms with Crippen molar-refractivity contribution in [2.45, 2.75) is 26.4 Å². The summed E-state index contributed by atoms with van der Waals surface area (Å²) in [6.45, 7) is 5.60. The summed E-state index contributed by atoms with van der Waals surface area (Å²) >= 11 is 0. The Kier molecular flexibility index (Phi) is 3.80. The van der Waals surface area contributed by atoms with Gasteiger partial charge in [-0.3, -0.25) is 9.78 Å². The summed E-state index contributed by atoms with van der Waals surface area (Å²) in [5.74, 6) is 0.559. The zero-order valence-corrected chi connectivity index (χ0v) is 14.6. The first-order valence-electron chi connectivity index (χ1n) is 8.41. The number of hydrogen-bond donors (Lipinski definition) is 1. The molecule has 0 bridgehead atoms. The van der Waals surface area contributed by atoms with Crippen LogP contribution in [-0.4, -0.2) is 46.1 Å². The molecule has 0 spiro atoms. The number of aryl methyl sites for hydroxylation is 2. The van der Waals surface area contributed by atoms with Crippen molar-refractivity contribution < 1.29 is 4.74 Å². The van der Waals surface area contributed by atoms with Gasteiger partial charge in [0.2, 0.25) is 5.95 Å². The molecule has 4 rings (SSSR count). The third kappa shape index (κ3) is 2.70. The van der Waals surface area contributed by atoms with Crippen molar-refractivity contribution in [1.29, 1.82) is 0 Å². The summed E-state index contributed by atoms with van der Waals surface area (Å²) in [4.78, 5) is 22.0. The predicted molar refractivity (Wildman–Crippen MR) is 96.6 cm³/mol. The highest BCUT2D eigenvalue weighted by Crippen LogP contribution is 2.21. The minimum atomic E-state index is -0.168. The molecular weight excluding hydrogens is 318 g/mol. The molecular formula is C18H21N5O2. The van der Waals surface area contributed by atoms with Gasteiger partial charge in [0.1, 0.15) is 5.39 Å². The quantitative estimate of drug-likeness (QED) is 0.789. The number of anilines is 1. The number of H-pyrrole nitrogens is 1. The van der Waals surface area contributed by atoms with E-state index in [1.54, 1.807) is 18.0 Å². The Morgan fingerprint density at radius 2 is 2.04 bits per heavy atom. The largest absolute Gasteiger partial charge is 0.380 e. The number of para-hydroxylation sites is 1. The number of methoxy groups -OCH3 is 1. The van der Waals surface area contributed by atoms with Crippen LogP contribution >= 0.6 is 0 Å². The van der Waals surface area contributed by atoms with Crippen LogP contribution in [0.4, 0.5) is 5.95 Å². The third-order valence-corrected chi connectivity index (χ3v) is 4.82. The van der Waals surface area contributed by atoms with Crippen molar-refractivity contribution in [3.63, 3.8) is 0 Å². The fraction of sp³-hybridized carbons (Fsp3) is 0.389. The van der Waals surface area contributed by atoms with Gasteiger partial charge in [-0.15, -0.1) is 5.10 Å². The fourth-order valence-corrected chi connectivity index (χ4v) is 3.45. The van der Waals surface area contributed by atoms with Crippen molar-refractivity contribution in [3.05, 3.63) is 45.9 Å². The second-order valence-electron chi connectivity index (χ2n) is 6.53. The molecule has 0 aliphatic carbocycles. The van der Waals surface area contributed by atoms with Crippen molar-refractivity contribution in [3.8, 4) is 5.69 Å². The van der Waals surface area contributed by atoms with Crippen molar-refractivity contribution >= 4 is 17.0 Å². The molecule has 130 valence electrons. The second kappa shape index (κ2) is 6.00. The Bertz CT molecular complexity index is 971. The minimum Gasteiger partial charge on any atom is -0.380 e. The topological polar surface area (TPSA) is 76.0 Å². The van der Waals surface area contributed by atoms with Gasteiger partial charge in [0.25, 0.3) is 5.56 Å². The van der Waals surface area contributed by atoms with Gasteiger partial charge in [0.15, 0.2) is 5.65 Å². The van der Waals surface area contributed by atoms with E-state index in [1.807, 2.05) is 36.9 Å². The summed E-state index contributed by atoms with van der Waals surface area (Å²) in [6, 6.07) is 6.08. The van der Waals surface area contributed by atoms with Crippen LogP contribution in [0.2, 0.25) is 0 Å². The number of aromatic nitrogens is 4. The smallest absolute Gasteiger partial charge is 0.263 e. The summed E-state index contributed by atoms with van der Waals surface area (Å²) in [6.07, 6.45) is 2.85. The SMILES string of the molecule is COC1CCN(c2nc3nn(-c4c(C)cccc4C)cc3c(=O)[nH]2)C1. The normalized spacial score (nSPS) is 17.6. The Labute approximate surface area is 145 Å². The highest BCUT2D eigenvalue weighted by Gasteiger charge is 2.24. The van der Waals surface area contributed by atoms with Crippen LogP contribution in [0.3, 0.4) is 0 Å². The lowest BCUT2D eigenvalue weighted by molar-refractivity contribution is 0.121. The fourth-order valence-electron chi connectivity index (χ4n) is 3.45. The standard InChI is InChI=1S/C18H21N5O2/c1-11-5-4-6-12(2)15(11)23-10-14-16(21-23)19-18(20-17(14)24)22-8-7-13(9-22)25-3/h4-6,10,13H,7-9H2,1-3H3,(H,19,20,21,24). The Morgan fingerprint density at radius 3 is 2.72 bits per heavy atom. The molecule has 0 amide bonds. The number of hydrogen-bond acceptors (Lipinski definition) is 5. The molecule has 3 aromatic rings. The molecule has 1 N–H and O–H groups in total. The lowest BCUT2D eigenvalue weighted by Crippen LogP contribution is -2.26. The first kappa shape index (κ1) is 15.8. The Hall–Kier alpha value is -2.67. The Balaban J connectivity index is 1.79. The van der Waals surface area contributed by atoms with Gasteiger partial charge in [0.05, 0.1) is 11.8 Å². The van der Waals surface area contributed by atoms with E-state index in [1.165, 1.54) is 0 Å². The van der Waals surface area contributed by atoms with E-state index >= 15 is 0 Å². The number of fused-ring (bicyclic) bond motifs is 1. The molecule has 7 heteroatoms. The van der Waals surface area contributed by atoms with Crippen LogP contribution in [0.5, 0.6) is 0 Å². The van der Waals surface area contributed by atoms with Crippen molar-refractivity contribution in [2.75, 3.05) is 25.1 Å². The van der Waals surface area contributed by atoms with Gasteiger partial charge in [-0.2, -0.15) is 4.98 Å².